The minimum Gasteiger partial charge on any atom is -0.383 e. The molecule has 1 aromatic heterocycles. The highest BCUT2D eigenvalue weighted by molar-refractivity contribution is 5.84. The molecule has 1 atom stereocenters. The van der Waals surface area contributed by atoms with Crippen LogP contribution in [0.2, 0.25) is 0 Å². The van der Waals surface area contributed by atoms with E-state index in [-0.39, 0.29) is 36.2 Å². The first-order chi connectivity index (χ1) is 15.2. The van der Waals surface area contributed by atoms with E-state index in [1.165, 1.54) is 25.3 Å². The highest BCUT2D eigenvalue weighted by atomic mass is 19.4. The summed E-state index contributed by atoms with van der Waals surface area (Å²) in [6.45, 7) is 2.18. The van der Waals surface area contributed by atoms with E-state index < -0.39 is 34.9 Å². The number of alkyl halides is 3. The number of aromatic nitrogens is 2. The van der Waals surface area contributed by atoms with Gasteiger partial charge in [0, 0.05) is 13.7 Å². The number of carbonyl (C=O) groups excluding carboxylic acids is 1. The SMILES string of the molecule is CCC(C(=O)NCCOC)n1c(=O)n(-c2cccc(C(F)(F)F)c2)c(=O)c2ccccc21. The number of rotatable bonds is 7. The van der Waals surface area contributed by atoms with Crippen LogP contribution >= 0.6 is 0 Å². The maximum atomic E-state index is 13.4. The van der Waals surface area contributed by atoms with Crippen molar-refractivity contribution < 1.29 is 22.7 Å². The van der Waals surface area contributed by atoms with Crippen LogP contribution in [0.4, 0.5) is 13.2 Å². The first kappa shape index (κ1) is 23.3. The molecule has 0 radical (unpaired) electrons. The first-order valence-corrected chi connectivity index (χ1v) is 9.91. The van der Waals surface area contributed by atoms with Crippen LogP contribution in [0.25, 0.3) is 16.6 Å². The molecule has 3 rings (SSSR count). The van der Waals surface area contributed by atoms with E-state index in [9.17, 15) is 27.6 Å². The van der Waals surface area contributed by atoms with Gasteiger partial charge < -0.3 is 10.1 Å². The van der Waals surface area contributed by atoms with Crippen molar-refractivity contribution in [1.29, 1.82) is 0 Å². The fraction of sp³-hybridized carbons (Fsp3) is 0.318. The molecule has 1 N–H and O–H groups in total. The Morgan fingerprint density at radius 1 is 1.12 bits per heavy atom. The third-order valence-electron chi connectivity index (χ3n) is 5.03. The van der Waals surface area contributed by atoms with Crippen molar-refractivity contribution >= 4 is 16.8 Å². The number of methoxy groups -OCH3 is 1. The Kier molecular flexibility index (Phi) is 6.83. The lowest BCUT2D eigenvalue weighted by atomic mass is 10.1. The lowest BCUT2D eigenvalue weighted by Crippen LogP contribution is -2.44. The zero-order valence-electron chi connectivity index (χ0n) is 17.5. The fourth-order valence-electron chi connectivity index (χ4n) is 3.51. The van der Waals surface area contributed by atoms with Crippen LogP contribution in [0.15, 0.2) is 58.1 Å². The van der Waals surface area contributed by atoms with Gasteiger partial charge in [-0.1, -0.05) is 25.1 Å². The van der Waals surface area contributed by atoms with Gasteiger partial charge in [0.25, 0.3) is 5.56 Å². The summed E-state index contributed by atoms with van der Waals surface area (Å²) in [6, 6.07) is 9.16. The number of fused-ring (bicyclic) bond motifs is 1. The number of carbonyl (C=O) groups is 1. The van der Waals surface area contributed by atoms with Crippen molar-refractivity contribution in [3.63, 3.8) is 0 Å². The highest BCUT2D eigenvalue weighted by Crippen LogP contribution is 2.30. The largest absolute Gasteiger partial charge is 0.416 e. The van der Waals surface area contributed by atoms with E-state index in [0.717, 1.165) is 22.8 Å². The third-order valence-corrected chi connectivity index (χ3v) is 5.03. The van der Waals surface area contributed by atoms with E-state index in [1.54, 1.807) is 19.1 Å². The van der Waals surface area contributed by atoms with E-state index >= 15 is 0 Å². The number of nitrogens with zero attached hydrogens (tertiary/aromatic N) is 2. The predicted octanol–water partition coefficient (Wildman–Crippen LogP) is 2.88. The van der Waals surface area contributed by atoms with Gasteiger partial charge in [0.1, 0.15) is 6.04 Å². The molecule has 1 heterocycles. The molecule has 0 aliphatic heterocycles. The Balaban J connectivity index is 2.28. The molecular formula is C22H22F3N3O4. The van der Waals surface area contributed by atoms with Gasteiger partial charge in [-0.2, -0.15) is 13.2 Å². The standard InChI is InChI=1S/C22H22F3N3O4/c1-3-17(19(29)26-11-12-32-2)28-18-10-5-4-9-16(18)20(30)27(21(28)31)15-8-6-7-14(13-15)22(23,24)25/h4-10,13,17H,3,11-12H2,1-2H3,(H,26,29). The molecule has 0 spiro atoms. The monoisotopic (exact) mass is 449 g/mol. The second-order valence-corrected chi connectivity index (χ2v) is 7.07. The summed E-state index contributed by atoms with van der Waals surface area (Å²) in [5.41, 5.74) is -2.67. The van der Waals surface area contributed by atoms with Gasteiger partial charge in [0.15, 0.2) is 0 Å². The Hall–Kier alpha value is -3.40. The molecule has 2 aromatic carbocycles. The lowest BCUT2D eigenvalue weighted by molar-refractivity contribution is -0.137. The predicted molar refractivity (Wildman–Crippen MR) is 113 cm³/mol. The zero-order valence-corrected chi connectivity index (χ0v) is 17.5. The molecule has 3 aromatic rings. The number of ether oxygens (including phenoxy) is 1. The molecule has 0 saturated heterocycles. The number of hydrogen-bond acceptors (Lipinski definition) is 4. The van der Waals surface area contributed by atoms with E-state index in [4.69, 9.17) is 4.74 Å². The van der Waals surface area contributed by atoms with Crippen molar-refractivity contribution in [1.82, 2.24) is 14.5 Å². The summed E-state index contributed by atoms with van der Waals surface area (Å²) in [6.07, 6.45) is -4.44. The number of halogens is 3. The molecule has 0 saturated carbocycles. The summed E-state index contributed by atoms with van der Waals surface area (Å²) in [5, 5.41) is 2.77. The van der Waals surface area contributed by atoms with Crippen molar-refractivity contribution in [3.8, 4) is 5.69 Å². The van der Waals surface area contributed by atoms with E-state index in [2.05, 4.69) is 5.32 Å². The lowest BCUT2D eigenvalue weighted by Gasteiger charge is -2.21. The summed E-state index contributed by atoms with van der Waals surface area (Å²) >= 11 is 0. The van der Waals surface area contributed by atoms with Gasteiger partial charge in [-0.05, 0) is 36.8 Å². The average molecular weight is 449 g/mol. The maximum Gasteiger partial charge on any atom is 0.416 e. The fourth-order valence-corrected chi connectivity index (χ4v) is 3.51. The molecule has 170 valence electrons. The minimum atomic E-state index is -4.65. The van der Waals surface area contributed by atoms with Crippen molar-refractivity contribution in [2.24, 2.45) is 0 Å². The molecule has 10 heteroatoms. The van der Waals surface area contributed by atoms with Gasteiger partial charge in [0.05, 0.1) is 28.8 Å². The molecule has 0 aliphatic carbocycles. The Morgan fingerprint density at radius 3 is 2.50 bits per heavy atom. The van der Waals surface area contributed by atoms with Gasteiger partial charge in [-0.3, -0.25) is 14.2 Å². The summed E-state index contributed by atoms with van der Waals surface area (Å²) in [7, 11) is 1.48. The molecular weight excluding hydrogens is 427 g/mol. The molecule has 0 bridgehead atoms. The van der Waals surface area contributed by atoms with E-state index in [0.29, 0.717) is 4.57 Å². The Bertz CT molecular complexity index is 1250. The molecule has 7 nitrogen and oxygen atoms in total. The number of para-hydroxylation sites is 1. The molecule has 1 amide bonds. The normalized spacial score (nSPS) is 12.7. The summed E-state index contributed by atoms with van der Waals surface area (Å²) in [4.78, 5) is 39.3. The van der Waals surface area contributed by atoms with E-state index in [1.807, 2.05) is 0 Å². The van der Waals surface area contributed by atoms with Gasteiger partial charge in [0.2, 0.25) is 5.91 Å². The smallest absolute Gasteiger partial charge is 0.383 e. The third kappa shape index (κ3) is 4.45. The van der Waals surface area contributed by atoms with Crippen molar-refractivity contribution in [2.75, 3.05) is 20.3 Å². The molecule has 0 aliphatic rings. The Morgan fingerprint density at radius 2 is 1.84 bits per heavy atom. The van der Waals surface area contributed by atoms with Crippen LogP contribution in [-0.4, -0.2) is 35.3 Å². The van der Waals surface area contributed by atoms with Crippen molar-refractivity contribution in [3.05, 3.63) is 74.9 Å². The second kappa shape index (κ2) is 9.39. The maximum absolute atomic E-state index is 13.4. The summed E-state index contributed by atoms with van der Waals surface area (Å²) < 4.78 is 46.4. The van der Waals surface area contributed by atoms with Crippen LogP contribution < -0.4 is 16.6 Å². The molecule has 1 unspecified atom stereocenters. The van der Waals surface area contributed by atoms with Gasteiger partial charge in [-0.15, -0.1) is 0 Å². The number of hydrogen-bond donors (Lipinski definition) is 1. The number of nitrogens with one attached hydrogen (secondary N) is 1. The second-order valence-electron chi connectivity index (χ2n) is 7.07. The molecule has 0 fully saturated rings. The van der Waals surface area contributed by atoms with Crippen LogP contribution in [0.3, 0.4) is 0 Å². The summed E-state index contributed by atoms with van der Waals surface area (Å²) in [5.74, 6) is -0.467. The molecule has 32 heavy (non-hydrogen) atoms. The van der Waals surface area contributed by atoms with Crippen LogP contribution in [0.5, 0.6) is 0 Å². The number of benzene rings is 2. The number of amides is 1. The van der Waals surface area contributed by atoms with Crippen LogP contribution in [0, 0.1) is 0 Å². The minimum absolute atomic E-state index is 0.104. The van der Waals surface area contributed by atoms with Crippen LogP contribution in [0.1, 0.15) is 24.9 Å². The van der Waals surface area contributed by atoms with Crippen molar-refractivity contribution in [2.45, 2.75) is 25.6 Å². The highest BCUT2D eigenvalue weighted by Gasteiger charge is 2.31. The average Bonchev–Trinajstić information content (AvgIpc) is 2.76. The van der Waals surface area contributed by atoms with Gasteiger partial charge in [-0.25, -0.2) is 9.36 Å². The van der Waals surface area contributed by atoms with Gasteiger partial charge >= 0.3 is 11.9 Å². The quantitative estimate of drug-likeness (QED) is 0.563. The topological polar surface area (TPSA) is 82.3 Å². The van der Waals surface area contributed by atoms with Crippen LogP contribution in [-0.2, 0) is 15.7 Å². The first-order valence-electron chi connectivity index (χ1n) is 9.91. The zero-order chi connectivity index (χ0) is 23.5. The Labute approximate surface area is 181 Å².